The zero-order valence-corrected chi connectivity index (χ0v) is 21.3. The molecule has 0 aliphatic carbocycles. The molecular weight excluding hydrogens is 470 g/mol. The molecule has 37 heavy (non-hydrogen) atoms. The molecule has 2 aliphatic rings. The largest absolute Gasteiger partial charge is 0.340 e. The fraction of sp³-hybridized carbons (Fsp3) is 0.429. The van der Waals surface area contributed by atoms with Gasteiger partial charge in [-0.05, 0) is 42.0 Å². The molecule has 3 amide bonds. The maximum Gasteiger partial charge on any atom is 0.251 e. The van der Waals surface area contributed by atoms with Crippen LogP contribution in [0.5, 0.6) is 0 Å². The lowest BCUT2D eigenvalue weighted by Gasteiger charge is -2.29. The summed E-state index contributed by atoms with van der Waals surface area (Å²) in [4.78, 5) is 56.1. The molecule has 2 saturated heterocycles. The molecule has 0 spiro atoms. The molecule has 4 rings (SSSR count). The van der Waals surface area contributed by atoms with Crippen LogP contribution in [-0.2, 0) is 20.9 Å². The summed E-state index contributed by atoms with van der Waals surface area (Å²) in [7, 11) is 0. The van der Waals surface area contributed by atoms with E-state index in [4.69, 9.17) is 11.5 Å². The zero-order chi connectivity index (χ0) is 26.7. The number of hydrogen-bond donors (Lipinski definition) is 3. The van der Waals surface area contributed by atoms with Crippen LogP contribution < -0.4 is 16.8 Å². The fourth-order valence-corrected chi connectivity index (χ4v) is 5.31. The number of nitrogens with zero attached hydrogens (tertiary/aromatic N) is 2. The van der Waals surface area contributed by atoms with Gasteiger partial charge in [0.15, 0.2) is 5.78 Å². The van der Waals surface area contributed by atoms with Gasteiger partial charge in [0.25, 0.3) is 5.91 Å². The number of rotatable bonds is 8. The summed E-state index contributed by atoms with van der Waals surface area (Å²) in [6, 6.07) is 13.2. The number of carbonyl (C=O) groups is 4. The first-order valence-corrected chi connectivity index (χ1v) is 12.7. The average molecular weight is 506 g/mol. The molecule has 9 nitrogen and oxygen atoms in total. The molecule has 196 valence electrons. The number of fused-ring (bicyclic) bond motifs is 1. The van der Waals surface area contributed by atoms with Crippen LogP contribution in [0.2, 0.25) is 0 Å². The van der Waals surface area contributed by atoms with E-state index < -0.39 is 24.2 Å². The number of benzene rings is 2. The Morgan fingerprint density at radius 3 is 2.43 bits per heavy atom. The Morgan fingerprint density at radius 2 is 1.76 bits per heavy atom. The van der Waals surface area contributed by atoms with Crippen LogP contribution >= 0.6 is 0 Å². The van der Waals surface area contributed by atoms with Gasteiger partial charge in [0.2, 0.25) is 11.8 Å². The van der Waals surface area contributed by atoms with E-state index in [2.05, 4.69) is 5.32 Å². The highest BCUT2D eigenvalue weighted by Gasteiger charge is 2.52. The number of amides is 3. The van der Waals surface area contributed by atoms with Crippen molar-refractivity contribution in [3.05, 3.63) is 71.3 Å². The summed E-state index contributed by atoms with van der Waals surface area (Å²) in [5.74, 6) is -1.06. The van der Waals surface area contributed by atoms with E-state index in [0.29, 0.717) is 37.1 Å². The second-order valence-corrected chi connectivity index (χ2v) is 10.2. The van der Waals surface area contributed by atoms with Crippen molar-refractivity contribution < 1.29 is 19.2 Å². The predicted molar refractivity (Wildman–Crippen MR) is 139 cm³/mol. The molecule has 2 aromatic carbocycles. The lowest BCUT2D eigenvalue weighted by atomic mass is 10.0. The molecule has 2 aromatic rings. The zero-order valence-electron chi connectivity index (χ0n) is 21.3. The second kappa shape index (κ2) is 11.2. The van der Waals surface area contributed by atoms with E-state index in [1.165, 1.54) is 9.80 Å². The van der Waals surface area contributed by atoms with Crippen molar-refractivity contribution in [1.82, 2.24) is 15.1 Å². The van der Waals surface area contributed by atoms with Crippen molar-refractivity contribution in [2.24, 2.45) is 17.4 Å². The lowest BCUT2D eigenvalue weighted by Crippen LogP contribution is -2.53. The summed E-state index contributed by atoms with van der Waals surface area (Å²) in [5, 5.41) is 2.88. The molecule has 0 bridgehead atoms. The van der Waals surface area contributed by atoms with Crippen LogP contribution in [0.25, 0.3) is 0 Å². The molecular formula is C28H35N5O4. The first-order chi connectivity index (χ1) is 17.7. The highest BCUT2D eigenvalue weighted by molar-refractivity contribution is 6.01. The maximum atomic E-state index is 13.7. The van der Waals surface area contributed by atoms with Crippen molar-refractivity contribution in [2.75, 3.05) is 13.1 Å². The Bertz CT molecular complexity index is 1170. The van der Waals surface area contributed by atoms with Crippen molar-refractivity contribution in [3.8, 4) is 0 Å². The Hall–Kier alpha value is -3.56. The summed E-state index contributed by atoms with van der Waals surface area (Å²) in [6.07, 6.45) is 0.904. The van der Waals surface area contributed by atoms with Gasteiger partial charge in [-0.15, -0.1) is 0 Å². The summed E-state index contributed by atoms with van der Waals surface area (Å²) in [6.45, 7) is 4.50. The first kappa shape index (κ1) is 26.5. The van der Waals surface area contributed by atoms with Gasteiger partial charge in [-0.1, -0.05) is 56.3 Å². The minimum atomic E-state index is -0.880. The molecule has 0 aromatic heterocycles. The number of ketones is 1. The molecule has 0 saturated carbocycles. The van der Waals surface area contributed by atoms with Gasteiger partial charge < -0.3 is 26.6 Å². The van der Waals surface area contributed by atoms with Crippen LogP contribution in [-0.4, -0.2) is 64.5 Å². The molecule has 2 fully saturated rings. The Labute approximate surface area is 217 Å². The van der Waals surface area contributed by atoms with E-state index in [1.807, 2.05) is 38.1 Å². The summed E-state index contributed by atoms with van der Waals surface area (Å²) >= 11 is 0. The Balaban J connectivity index is 1.50. The van der Waals surface area contributed by atoms with Gasteiger partial charge in [0, 0.05) is 18.7 Å². The van der Waals surface area contributed by atoms with Crippen molar-refractivity contribution in [2.45, 2.75) is 57.4 Å². The van der Waals surface area contributed by atoms with E-state index in [-0.39, 0.29) is 36.0 Å². The normalized spacial score (nSPS) is 20.6. The third-order valence-corrected chi connectivity index (χ3v) is 7.15. The van der Waals surface area contributed by atoms with Crippen LogP contribution in [0.15, 0.2) is 54.6 Å². The third-order valence-electron chi connectivity index (χ3n) is 7.15. The smallest absolute Gasteiger partial charge is 0.251 e. The summed E-state index contributed by atoms with van der Waals surface area (Å²) in [5.41, 5.74) is 13.9. The van der Waals surface area contributed by atoms with E-state index >= 15 is 0 Å². The Kier molecular flexibility index (Phi) is 8.04. The molecule has 1 unspecified atom stereocenters. The SMILES string of the molecule is CC(C)C[C@H](NC(=O)c1cccc(CN)c1)C(=O)N1CCC2[C@H]1C(=O)CN2C(=O)[C@H](N)c1ccccc1. The molecule has 9 heteroatoms. The van der Waals surface area contributed by atoms with Gasteiger partial charge in [-0.2, -0.15) is 0 Å². The highest BCUT2D eigenvalue weighted by Crippen LogP contribution is 2.32. The molecule has 0 radical (unpaired) electrons. The van der Waals surface area contributed by atoms with Crippen LogP contribution in [0.1, 0.15) is 54.2 Å². The van der Waals surface area contributed by atoms with Gasteiger partial charge >= 0.3 is 0 Å². The van der Waals surface area contributed by atoms with E-state index in [9.17, 15) is 19.2 Å². The number of nitrogens with two attached hydrogens (primary N) is 2. The number of Topliss-reactive ketones (excluding diaryl/α,β-unsaturated/α-hetero) is 1. The minimum absolute atomic E-state index is 0.0778. The minimum Gasteiger partial charge on any atom is -0.340 e. The fourth-order valence-electron chi connectivity index (χ4n) is 5.31. The van der Waals surface area contributed by atoms with Gasteiger partial charge in [-0.25, -0.2) is 0 Å². The van der Waals surface area contributed by atoms with Crippen molar-refractivity contribution in [1.29, 1.82) is 0 Å². The van der Waals surface area contributed by atoms with E-state index in [1.54, 1.807) is 30.3 Å². The standard InChI is InChI=1S/C28H35N5O4/c1-17(2)13-21(31-26(35)20-10-6-7-18(14-20)15-29)27(36)32-12-11-22-25(32)23(34)16-33(22)28(37)24(30)19-8-4-3-5-9-19/h3-10,14,17,21-22,24-25H,11-13,15-16,29-30H2,1-2H3,(H,31,35)/t21-,22?,24+,25-/m0/s1. The molecule has 5 N–H and O–H groups in total. The molecule has 2 heterocycles. The molecule has 4 atom stereocenters. The monoisotopic (exact) mass is 505 g/mol. The van der Waals surface area contributed by atoms with Crippen molar-refractivity contribution >= 4 is 23.5 Å². The van der Waals surface area contributed by atoms with Gasteiger partial charge in [-0.3, -0.25) is 19.2 Å². The number of nitrogens with one attached hydrogen (secondary N) is 1. The number of carbonyl (C=O) groups excluding carboxylic acids is 4. The second-order valence-electron chi connectivity index (χ2n) is 10.2. The predicted octanol–water partition coefficient (Wildman–Crippen LogP) is 1.37. The molecule has 2 aliphatic heterocycles. The van der Waals surface area contributed by atoms with Crippen LogP contribution in [0.4, 0.5) is 0 Å². The van der Waals surface area contributed by atoms with Crippen molar-refractivity contribution in [3.63, 3.8) is 0 Å². The topological polar surface area (TPSA) is 139 Å². The number of hydrogen-bond acceptors (Lipinski definition) is 6. The number of likely N-dealkylation sites (tertiary alicyclic amines) is 2. The highest BCUT2D eigenvalue weighted by atomic mass is 16.2. The first-order valence-electron chi connectivity index (χ1n) is 12.7. The maximum absolute atomic E-state index is 13.7. The van der Waals surface area contributed by atoms with Crippen LogP contribution in [0, 0.1) is 5.92 Å². The lowest BCUT2D eigenvalue weighted by molar-refractivity contribution is -0.138. The summed E-state index contributed by atoms with van der Waals surface area (Å²) < 4.78 is 0. The van der Waals surface area contributed by atoms with Crippen LogP contribution in [0.3, 0.4) is 0 Å². The third kappa shape index (κ3) is 5.57. The van der Waals surface area contributed by atoms with Gasteiger partial charge in [0.1, 0.15) is 18.1 Å². The quantitative estimate of drug-likeness (QED) is 0.495. The Morgan fingerprint density at radius 1 is 1.03 bits per heavy atom. The average Bonchev–Trinajstić information content (AvgIpc) is 3.48. The van der Waals surface area contributed by atoms with E-state index in [0.717, 1.165) is 5.56 Å². The van der Waals surface area contributed by atoms with Gasteiger partial charge in [0.05, 0.1) is 12.6 Å².